The molecule has 2 aliphatic heterocycles. The predicted molar refractivity (Wildman–Crippen MR) is 304 cm³/mol. The number of rotatable bonds is 13. The normalized spacial score (nSPS) is 32.4. The van der Waals surface area contributed by atoms with E-state index in [1.807, 2.05) is 13.8 Å². The highest BCUT2D eigenvalue weighted by Gasteiger charge is 2.36. The first kappa shape index (κ1) is 67.4. The molecule has 0 spiro atoms. The Morgan fingerprint density at radius 2 is 0.939 bits per heavy atom. The molecule has 4 aliphatic rings. The fourth-order valence-corrected chi connectivity index (χ4v) is 10.2. The molecule has 0 fully saturated rings. The second kappa shape index (κ2) is 31.9. The summed E-state index contributed by atoms with van der Waals surface area (Å²) in [4.78, 5) is 108. The van der Waals surface area contributed by atoms with Crippen LogP contribution in [0.2, 0.25) is 0 Å². The summed E-state index contributed by atoms with van der Waals surface area (Å²) in [6, 6.07) is 0. The van der Waals surface area contributed by atoms with Crippen LogP contribution in [0, 0.1) is 23.7 Å². The Bertz CT molecular complexity index is 2550. The van der Waals surface area contributed by atoms with Crippen LogP contribution in [0.15, 0.2) is 117 Å². The molecule has 12 atom stereocenters. The average molecular weight is 1150 g/mol. The molecule has 0 saturated carbocycles. The van der Waals surface area contributed by atoms with Gasteiger partial charge in [0.1, 0.15) is 12.2 Å². The topological polar surface area (TPSA) is 333 Å². The largest absolute Gasteiger partial charge is 0.439 e. The molecule has 0 aromatic carbocycles. The van der Waals surface area contributed by atoms with E-state index in [4.69, 9.17) is 39.9 Å². The van der Waals surface area contributed by atoms with Crippen molar-refractivity contribution >= 4 is 47.1 Å². The monoisotopic (exact) mass is 1140 g/mol. The summed E-state index contributed by atoms with van der Waals surface area (Å²) >= 11 is 0. The summed E-state index contributed by atoms with van der Waals surface area (Å²) < 4.78 is 33.7. The van der Waals surface area contributed by atoms with Crippen molar-refractivity contribution in [2.24, 2.45) is 35.1 Å². The minimum Gasteiger partial charge on any atom is -0.439 e. The third-order valence-electron chi connectivity index (χ3n) is 14.8. The molecule has 450 valence electrons. The third-order valence-corrected chi connectivity index (χ3v) is 14.8. The Hall–Kier alpha value is -7.08. The summed E-state index contributed by atoms with van der Waals surface area (Å²) in [5, 5.41) is 34.7. The molecule has 4 bridgehead atoms. The number of nitrogens with one attached hydrogen (secondary N) is 4. The van der Waals surface area contributed by atoms with Gasteiger partial charge in [-0.2, -0.15) is 0 Å². The lowest BCUT2D eigenvalue weighted by atomic mass is 9.85. The molecule has 0 aromatic heterocycles. The number of allylic oxidation sites excluding steroid dienone is 8. The Kier molecular flexibility index (Phi) is 26.3. The van der Waals surface area contributed by atoms with Crippen LogP contribution in [0.5, 0.6) is 0 Å². The highest BCUT2D eigenvalue weighted by Crippen LogP contribution is 2.31. The minimum atomic E-state index is -1.07. The van der Waals surface area contributed by atoms with Crippen LogP contribution in [0.25, 0.3) is 0 Å². The van der Waals surface area contributed by atoms with Crippen molar-refractivity contribution in [1.82, 2.24) is 21.3 Å². The molecule has 22 nitrogen and oxygen atoms in total. The zero-order chi connectivity index (χ0) is 61.1. The number of primary amides is 2. The van der Waals surface area contributed by atoms with Gasteiger partial charge in [-0.05, 0) is 89.2 Å². The summed E-state index contributed by atoms with van der Waals surface area (Å²) in [6.45, 7) is 14.0. The number of ketones is 4. The van der Waals surface area contributed by atoms with Gasteiger partial charge in [0.2, 0.25) is 23.1 Å². The number of Topliss-reactive ketones (excluding diaryl/α,β-unsaturated/α-hetero) is 2. The maximum absolute atomic E-state index is 14.3. The van der Waals surface area contributed by atoms with E-state index in [-0.39, 0.29) is 95.7 Å². The zero-order valence-corrected chi connectivity index (χ0v) is 49.1. The zero-order valence-electron chi connectivity index (χ0n) is 49.1. The van der Waals surface area contributed by atoms with E-state index in [9.17, 15) is 48.6 Å². The molecule has 2 heterocycles. The number of carbonyl (C=O) groups is 8. The first-order valence-electron chi connectivity index (χ1n) is 27.4. The number of carbonyl (C=O) groups excluding carboxylic acids is 8. The van der Waals surface area contributed by atoms with Gasteiger partial charge in [0, 0.05) is 87.8 Å². The molecule has 2 aliphatic carbocycles. The van der Waals surface area contributed by atoms with Gasteiger partial charge in [-0.3, -0.25) is 28.8 Å². The quantitative estimate of drug-likeness (QED) is 0.0715. The fourth-order valence-electron chi connectivity index (χ4n) is 10.2. The van der Waals surface area contributed by atoms with E-state index in [0.29, 0.717) is 24.0 Å². The Morgan fingerprint density at radius 1 is 0.585 bits per heavy atom. The maximum atomic E-state index is 14.3. The lowest BCUT2D eigenvalue weighted by Crippen LogP contribution is -2.38. The standard InChI is InChI=1S/C60H84N6O16/c1-31-23-39-49(43(67)29-41(53(39)71)65-57(73)33(3)17-15-19-45(77-9)55(81-59(61)75)37(7)27-35(5)51(69)47(25-31)79-11)63-21-13-14-22-64-50-40-24-32(2)26-48(80-12)52(70)36(6)28-38(8)56(82-60(62)76)46(78-10)20-16-18-34(4)58(74)66-42(54(40)72)30-44(50)68/h15-20,27-32,35-36,45-48,51-52,55-56,63-64,69-70H,13-14,21-26H2,1-12H3,(H2,61,75)(H2,62,76)(H,65,73)(H,66,74)/b19-15+,20-16+,33-17+,34-18+,37-27+,38-28+/t31-,32-,35+,36+,45+,46+,47+,48+,51-,52-,55+,56+/m1/s1. The van der Waals surface area contributed by atoms with Crippen LogP contribution in [0.4, 0.5) is 9.59 Å². The van der Waals surface area contributed by atoms with E-state index in [1.165, 1.54) is 66.6 Å². The summed E-state index contributed by atoms with van der Waals surface area (Å²) in [5.41, 5.74) is 12.1. The van der Waals surface area contributed by atoms with Gasteiger partial charge < -0.3 is 71.4 Å². The van der Waals surface area contributed by atoms with Gasteiger partial charge in [0.05, 0.1) is 47.2 Å². The summed E-state index contributed by atoms with van der Waals surface area (Å²) in [6.07, 6.45) is 6.61. The Balaban J connectivity index is 1.60. The number of unbranched alkanes of at least 4 members (excludes halogenated alkanes) is 1. The van der Waals surface area contributed by atoms with Crippen LogP contribution in [-0.2, 0) is 57.2 Å². The number of methoxy groups -OCH3 is 4. The molecule has 22 heteroatoms. The van der Waals surface area contributed by atoms with E-state index in [0.717, 1.165) is 12.2 Å². The molecule has 10 N–H and O–H groups in total. The number of aliphatic hydroxyl groups excluding tert-OH is 2. The highest BCUT2D eigenvalue weighted by molar-refractivity contribution is 6.24. The van der Waals surface area contributed by atoms with E-state index >= 15 is 0 Å². The molecule has 0 saturated heterocycles. The lowest BCUT2D eigenvalue weighted by Gasteiger charge is -2.30. The van der Waals surface area contributed by atoms with Crippen LogP contribution >= 0.6 is 0 Å². The van der Waals surface area contributed by atoms with Crippen LogP contribution in [0.1, 0.15) is 93.9 Å². The second-order valence-corrected chi connectivity index (χ2v) is 21.4. The number of ether oxygens (including phenoxy) is 6. The number of aliphatic hydroxyl groups is 2. The van der Waals surface area contributed by atoms with Gasteiger partial charge in [-0.25, -0.2) is 9.59 Å². The summed E-state index contributed by atoms with van der Waals surface area (Å²) in [5.74, 6) is -5.39. The van der Waals surface area contributed by atoms with Crippen molar-refractivity contribution < 1.29 is 77.0 Å². The molecule has 0 aromatic rings. The van der Waals surface area contributed by atoms with Gasteiger partial charge >= 0.3 is 12.2 Å². The number of hydrogen-bond donors (Lipinski definition) is 8. The Morgan fingerprint density at radius 3 is 1.26 bits per heavy atom. The highest BCUT2D eigenvalue weighted by atomic mass is 16.6. The molecule has 4 rings (SSSR count). The van der Waals surface area contributed by atoms with E-state index < -0.39 is 108 Å². The fraction of sp³-hybridized carbons (Fsp3) is 0.533. The van der Waals surface area contributed by atoms with E-state index in [1.54, 1.807) is 52.0 Å². The first-order valence-corrected chi connectivity index (χ1v) is 27.4. The van der Waals surface area contributed by atoms with E-state index in [2.05, 4.69) is 21.3 Å². The Labute approximate surface area is 480 Å². The third kappa shape index (κ3) is 18.7. The van der Waals surface area contributed by atoms with Crippen molar-refractivity contribution in [1.29, 1.82) is 0 Å². The SMILES string of the molecule is CO[C@H]1/C=C/C=C(\C)C(=O)NC2=CC(=O)C(NCCCCNC3=C4C[C@@H](C)C[C@H](OC)[C@H](O)[C@@H](C)/C=C(\C)[C@H](OC(N)=O)[C@@H](OC)/C=C/C=C(\C)C(=O)NC(=CC3=O)C4=O)=C(C[C@@H](C)C[C@H](OC)[C@H](O)[C@@H](C)/C=C(\C)[C@@H]1OC(N)=O)C2=O. The van der Waals surface area contributed by atoms with Crippen molar-refractivity contribution in [3.05, 3.63) is 117 Å². The molecular formula is C60H84N6O16. The molecular weight excluding hydrogens is 1060 g/mol. The molecule has 82 heavy (non-hydrogen) atoms. The lowest BCUT2D eigenvalue weighted by molar-refractivity contribution is -0.120. The van der Waals surface area contributed by atoms with Crippen molar-refractivity contribution in [2.75, 3.05) is 41.5 Å². The average Bonchev–Trinajstić information content (AvgIpc) is 3.52. The summed E-state index contributed by atoms with van der Waals surface area (Å²) in [7, 11) is 5.72. The van der Waals surface area contributed by atoms with Crippen molar-refractivity contribution in [3.8, 4) is 0 Å². The van der Waals surface area contributed by atoms with Gasteiger partial charge in [-0.1, -0.05) is 76.3 Å². The molecule has 0 radical (unpaired) electrons. The molecule has 0 unspecified atom stereocenters. The second-order valence-electron chi connectivity index (χ2n) is 21.4. The van der Waals surface area contributed by atoms with Crippen LogP contribution < -0.4 is 32.7 Å². The number of hydrogen-bond acceptors (Lipinski definition) is 18. The number of nitrogens with two attached hydrogens (primary N) is 2. The number of fused-ring (bicyclic) bond motifs is 4. The minimum absolute atomic E-state index is 0.0394. The number of amides is 4. The van der Waals surface area contributed by atoms with Gasteiger partial charge in [0.25, 0.3) is 11.8 Å². The smallest absolute Gasteiger partial charge is 0.405 e. The first-order chi connectivity index (χ1) is 38.8. The predicted octanol–water partition coefficient (Wildman–Crippen LogP) is 4.50. The van der Waals surface area contributed by atoms with Crippen molar-refractivity contribution in [3.63, 3.8) is 0 Å². The van der Waals surface area contributed by atoms with Gasteiger partial charge in [0.15, 0.2) is 12.2 Å². The molecule has 4 amide bonds. The maximum Gasteiger partial charge on any atom is 0.405 e. The van der Waals surface area contributed by atoms with Crippen LogP contribution in [-0.4, -0.2) is 148 Å². The van der Waals surface area contributed by atoms with Crippen molar-refractivity contribution in [2.45, 2.75) is 143 Å². The van der Waals surface area contributed by atoms with Crippen LogP contribution in [0.3, 0.4) is 0 Å². The van der Waals surface area contributed by atoms with Gasteiger partial charge in [-0.15, -0.1) is 0 Å².